The van der Waals surface area contributed by atoms with Gasteiger partial charge in [0.1, 0.15) is 4.99 Å². The van der Waals surface area contributed by atoms with Crippen LogP contribution >= 0.6 is 12.2 Å². The maximum atomic E-state index is 5.62. The van der Waals surface area contributed by atoms with Gasteiger partial charge in [0.05, 0.1) is 11.1 Å². The van der Waals surface area contributed by atoms with Gasteiger partial charge in [-0.2, -0.15) is 0 Å². The molecule has 0 bridgehead atoms. The Balaban J connectivity index is 1.79. The minimum absolute atomic E-state index is 0.444. The lowest BCUT2D eigenvalue weighted by Crippen LogP contribution is -2.41. The van der Waals surface area contributed by atoms with Gasteiger partial charge in [-0.15, -0.1) is 0 Å². The predicted octanol–water partition coefficient (Wildman–Crippen LogP) is 5.20. The van der Waals surface area contributed by atoms with Gasteiger partial charge in [0.25, 0.3) is 0 Å². The van der Waals surface area contributed by atoms with Gasteiger partial charge in [-0.05, 0) is 56.5 Å². The molecule has 0 radical (unpaired) electrons. The average Bonchev–Trinajstić information content (AvgIpc) is 2.66. The molecule has 0 atom stereocenters. The summed E-state index contributed by atoms with van der Waals surface area (Å²) < 4.78 is 0. The van der Waals surface area contributed by atoms with Crippen molar-refractivity contribution in [2.75, 3.05) is 0 Å². The summed E-state index contributed by atoms with van der Waals surface area (Å²) >= 11 is 5.62. The van der Waals surface area contributed by atoms with E-state index in [-0.39, 0.29) is 0 Å². The summed E-state index contributed by atoms with van der Waals surface area (Å²) in [6.07, 6.45) is 2.84. The summed E-state index contributed by atoms with van der Waals surface area (Å²) in [7, 11) is 0. The van der Waals surface area contributed by atoms with Crippen molar-refractivity contribution in [3.05, 3.63) is 77.0 Å². The number of pyridine rings is 1. The van der Waals surface area contributed by atoms with E-state index >= 15 is 0 Å². The van der Waals surface area contributed by atoms with Gasteiger partial charge in [0.2, 0.25) is 0 Å². The van der Waals surface area contributed by atoms with E-state index < -0.39 is 5.54 Å². The van der Waals surface area contributed by atoms with Crippen LogP contribution in [0.2, 0.25) is 0 Å². The summed E-state index contributed by atoms with van der Waals surface area (Å²) in [5.74, 6) is 6.57. The maximum Gasteiger partial charge on any atom is 0.109 e. The van der Waals surface area contributed by atoms with Crippen LogP contribution < -0.4 is 5.32 Å². The van der Waals surface area contributed by atoms with E-state index in [1.807, 2.05) is 32.2 Å². The molecule has 0 amide bonds. The molecule has 0 saturated heterocycles. The Kier molecular flexibility index (Phi) is 5.58. The summed E-state index contributed by atoms with van der Waals surface area (Å²) in [4.78, 5) is 5.24. The van der Waals surface area contributed by atoms with Crippen LogP contribution in [0.3, 0.4) is 0 Å². The highest BCUT2D eigenvalue weighted by Gasteiger charge is 2.16. The molecule has 2 aromatic carbocycles. The van der Waals surface area contributed by atoms with Gasteiger partial charge in [0, 0.05) is 22.7 Å². The second-order valence-electron chi connectivity index (χ2n) is 7.25. The highest BCUT2D eigenvalue weighted by molar-refractivity contribution is 7.80. The molecular formula is C24H24N2S. The van der Waals surface area contributed by atoms with Gasteiger partial charge in [-0.3, -0.25) is 4.98 Å². The normalized spacial score (nSPS) is 11.0. The van der Waals surface area contributed by atoms with Crippen LogP contribution in [-0.2, 0) is 6.42 Å². The minimum Gasteiger partial charge on any atom is -0.360 e. The number of rotatable bonds is 3. The van der Waals surface area contributed by atoms with Gasteiger partial charge in [-0.25, -0.2) is 0 Å². The monoisotopic (exact) mass is 372 g/mol. The van der Waals surface area contributed by atoms with Crippen LogP contribution in [-0.4, -0.2) is 15.5 Å². The molecule has 0 aliphatic heterocycles. The Morgan fingerprint density at radius 3 is 2.70 bits per heavy atom. The summed E-state index contributed by atoms with van der Waals surface area (Å²) in [6, 6.07) is 16.6. The van der Waals surface area contributed by atoms with Crippen molar-refractivity contribution >= 4 is 28.1 Å². The third-order valence-electron chi connectivity index (χ3n) is 4.46. The molecule has 0 fully saturated rings. The van der Waals surface area contributed by atoms with Crippen molar-refractivity contribution in [1.29, 1.82) is 0 Å². The molecule has 2 nitrogen and oxygen atoms in total. The Bertz CT molecular complexity index is 1050. The van der Waals surface area contributed by atoms with Crippen molar-refractivity contribution < 1.29 is 0 Å². The van der Waals surface area contributed by atoms with Crippen LogP contribution in [0.1, 0.15) is 43.0 Å². The van der Waals surface area contributed by atoms with Gasteiger partial charge in [-0.1, -0.05) is 61.3 Å². The van der Waals surface area contributed by atoms with E-state index in [1.54, 1.807) is 0 Å². The average molecular weight is 373 g/mol. The summed E-state index contributed by atoms with van der Waals surface area (Å²) in [5, 5.41) is 4.46. The lowest BCUT2D eigenvalue weighted by atomic mass is 10.0. The second kappa shape index (κ2) is 7.90. The molecule has 1 N–H and O–H groups in total. The first-order chi connectivity index (χ1) is 12.9. The zero-order valence-corrected chi connectivity index (χ0v) is 17.1. The summed E-state index contributed by atoms with van der Waals surface area (Å²) in [6.45, 7) is 8.29. The molecule has 1 heterocycles. The van der Waals surface area contributed by atoms with Crippen LogP contribution in [0.15, 0.2) is 54.7 Å². The Hall–Kier alpha value is -2.70. The minimum atomic E-state index is -0.444. The van der Waals surface area contributed by atoms with Crippen molar-refractivity contribution in [2.24, 2.45) is 0 Å². The number of fused-ring (bicyclic) bond motifs is 1. The number of nitrogens with zero attached hydrogens (tertiary/aromatic N) is 1. The topological polar surface area (TPSA) is 24.9 Å². The fraction of sp³-hybridized carbons (Fsp3) is 0.250. The van der Waals surface area contributed by atoms with E-state index in [2.05, 4.69) is 72.4 Å². The number of aromatic nitrogens is 1. The first-order valence-electron chi connectivity index (χ1n) is 9.18. The van der Waals surface area contributed by atoms with E-state index in [0.717, 1.165) is 28.5 Å². The van der Waals surface area contributed by atoms with E-state index in [0.29, 0.717) is 4.99 Å². The number of hydrogen-bond donors (Lipinski definition) is 1. The highest BCUT2D eigenvalue weighted by atomic mass is 32.1. The largest absolute Gasteiger partial charge is 0.360 e. The lowest BCUT2D eigenvalue weighted by molar-refractivity contribution is 0.604. The fourth-order valence-electron chi connectivity index (χ4n) is 2.92. The number of benzene rings is 2. The number of aryl methyl sites for hydroxylation is 2. The molecule has 0 aliphatic carbocycles. The molecule has 0 spiro atoms. The zero-order chi connectivity index (χ0) is 19.4. The third kappa shape index (κ3) is 4.72. The Labute approximate surface area is 167 Å². The predicted molar refractivity (Wildman–Crippen MR) is 118 cm³/mol. The van der Waals surface area contributed by atoms with Crippen molar-refractivity contribution in [3.8, 4) is 11.8 Å². The van der Waals surface area contributed by atoms with Gasteiger partial charge >= 0.3 is 0 Å². The maximum absolute atomic E-state index is 5.62. The molecule has 27 heavy (non-hydrogen) atoms. The van der Waals surface area contributed by atoms with Gasteiger partial charge in [0.15, 0.2) is 0 Å². The van der Waals surface area contributed by atoms with Crippen LogP contribution in [0, 0.1) is 18.8 Å². The highest BCUT2D eigenvalue weighted by Crippen LogP contribution is 2.17. The fourth-order valence-corrected chi connectivity index (χ4v) is 3.29. The number of hydrogen-bond acceptors (Lipinski definition) is 2. The molecular weight excluding hydrogens is 348 g/mol. The van der Waals surface area contributed by atoms with Crippen molar-refractivity contribution in [3.63, 3.8) is 0 Å². The first-order valence-corrected chi connectivity index (χ1v) is 9.59. The van der Waals surface area contributed by atoms with Gasteiger partial charge < -0.3 is 5.32 Å². The Morgan fingerprint density at radius 2 is 1.93 bits per heavy atom. The summed E-state index contributed by atoms with van der Waals surface area (Å²) in [5.41, 5.74) is 4.96. The number of para-hydroxylation sites is 1. The van der Waals surface area contributed by atoms with Crippen LogP contribution in [0.25, 0.3) is 10.9 Å². The smallest absolute Gasteiger partial charge is 0.109 e. The quantitative estimate of drug-likeness (QED) is 0.505. The first kappa shape index (κ1) is 19.1. The van der Waals surface area contributed by atoms with Crippen LogP contribution in [0.5, 0.6) is 0 Å². The molecule has 0 saturated carbocycles. The SMILES string of the molecule is CCc1cccc(C#CC(C)(C)NC(=S)c2cnc3c(C)cccc3c2)c1. The number of nitrogens with one attached hydrogen (secondary N) is 1. The van der Waals surface area contributed by atoms with Crippen molar-refractivity contribution in [1.82, 2.24) is 10.3 Å². The molecule has 0 unspecified atom stereocenters. The standard InChI is InChI=1S/C24H24N2S/c1-5-18-9-7-10-19(14-18)12-13-24(3,4)26-23(27)21-15-20-11-6-8-17(2)22(20)25-16-21/h6-11,14-16H,5H2,1-4H3,(H,26,27). The van der Waals surface area contributed by atoms with E-state index in [4.69, 9.17) is 12.2 Å². The molecule has 3 heteroatoms. The zero-order valence-electron chi connectivity index (χ0n) is 16.3. The van der Waals surface area contributed by atoms with E-state index in [1.165, 1.54) is 11.1 Å². The Morgan fingerprint density at radius 1 is 1.15 bits per heavy atom. The van der Waals surface area contributed by atoms with E-state index in [9.17, 15) is 0 Å². The third-order valence-corrected chi connectivity index (χ3v) is 4.79. The number of thiocarbonyl (C=S) groups is 1. The van der Waals surface area contributed by atoms with Crippen LogP contribution in [0.4, 0.5) is 0 Å². The van der Waals surface area contributed by atoms with Crippen molar-refractivity contribution in [2.45, 2.75) is 39.7 Å². The molecule has 3 aromatic rings. The molecule has 3 rings (SSSR count). The molecule has 0 aliphatic rings. The molecule has 136 valence electrons. The lowest BCUT2D eigenvalue weighted by Gasteiger charge is -2.22. The molecule has 1 aromatic heterocycles. The second-order valence-corrected chi connectivity index (χ2v) is 7.66.